The molecule has 0 saturated heterocycles. The Kier molecular flexibility index (Phi) is 36.5. The third-order valence-corrected chi connectivity index (χ3v) is 7.43. The summed E-state index contributed by atoms with van der Waals surface area (Å²) in [5.74, 6) is -2.13. The zero-order valence-electron chi connectivity index (χ0n) is 36.6. The van der Waals surface area contributed by atoms with Crippen LogP contribution in [0.5, 0.6) is 0 Å². The minimum Gasteiger partial charge on any atom is -0.443 e. The van der Waals surface area contributed by atoms with Crippen molar-refractivity contribution < 1.29 is 76.1 Å². The van der Waals surface area contributed by atoms with E-state index < -0.39 is 47.5 Å². The quantitative estimate of drug-likeness (QED) is 0.0318. The first-order valence-electron chi connectivity index (χ1n) is 20.4. The summed E-state index contributed by atoms with van der Waals surface area (Å²) in [5.41, 5.74) is 9.45. The van der Waals surface area contributed by atoms with Crippen LogP contribution in [-0.4, -0.2) is 193 Å². The van der Waals surface area contributed by atoms with E-state index in [1.54, 1.807) is 27.9 Å². The Labute approximate surface area is 354 Å². The van der Waals surface area contributed by atoms with Gasteiger partial charge in [0.25, 0.3) is 5.91 Å². The normalized spacial score (nSPS) is 12.9. The molecule has 0 aliphatic rings. The van der Waals surface area contributed by atoms with Gasteiger partial charge in [-0.25, -0.2) is 10.2 Å². The number of methoxy groups -OCH3 is 1. The third-order valence-electron chi connectivity index (χ3n) is 7.43. The summed E-state index contributed by atoms with van der Waals surface area (Å²) >= 11 is 0. The number of nitrogens with two attached hydrogens (primary N) is 1. The predicted molar refractivity (Wildman–Crippen MR) is 217 cm³/mol. The predicted octanol–water partition coefficient (Wildman–Crippen LogP) is -1.04. The van der Waals surface area contributed by atoms with Crippen LogP contribution in [0.15, 0.2) is 0 Å². The van der Waals surface area contributed by atoms with Crippen molar-refractivity contribution in [1.82, 2.24) is 26.8 Å². The molecule has 7 N–H and O–H groups in total. The van der Waals surface area contributed by atoms with Gasteiger partial charge < -0.3 is 73.8 Å². The lowest BCUT2D eigenvalue weighted by atomic mass is 10.1. The molecule has 0 bridgehead atoms. The minimum absolute atomic E-state index is 0.116. The maximum atomic E-state index is 12.5. The second-order valence-corrected chi connectivity index (χ2v) is 14.0. The minimum atomic E-state index is -1.02. The molecular weight excluding hydrogens is 796 g/mol. The van der Waals surface area contributed by atoms with Crippen LogP contribution in [0.1, 0.15) is 53.9 Å². The van der Waals surface area contributed by atoms with Crippen molar-refractivity contribution in [3.8, 4) is 0 Å². The summed E-state index contributed by atoms with van der Waals surface area (Å²) in [4.78, 5) is 60.8. The number of hydrogen-bond acceptors (Lipinski definition) is 17. The molecule has 0 heterocycles. The molecule has 0 rings (SSSR count). The molecule has 0 aromatic carbocycles. The number of ether oxygens (including phenoxy) is 11. The number of carbonyl (C=O) groups excluding carboxylic acids is 5. The van der Waals surface area contributed by atoms with Crippen LogP contribution in [0.4, 0.5) is 4.79 Å². The molecule has 0 aromatic heterocycles. The highest BCUT2D eigenvalue weighted by Gasteiger charge is 2.24. The fraction of sp³-hybridized carbons (Fsp3) is 0.868. The molecule has 22 nitrogen and oxygen atoms in total. The van der Waals surface area contributed by atoms with Crippen molar-refractivity contribution >= 4 is 29.7 Å². The van der Waals surface area contributed by atoms with Crippen molar-refractivity contribution in [2.24, 2.45) is 5.73 Å². The van der Waals surface area contributed by atoms with Gasteiger partial charge in [0.15, 0.2) is 0 Å². The van der Waals surface area contributed by atoms with E-state index in [1.165, 1.54) is 13.8 Å². The zero-order chi connectivity index (χ0) is 44.7. The van der Waals surface area contributed by atoms with E-state index in [-0.39, 0.29) is 19.1 Å². The summed E-state index contributed by atoms with van der Waals surface area (Å²) in [6.07, 6.45) is 0.593. The monoisotopic (exact) mass is 871 g/mol. The van der Waals surface area contributed by atoms with Gasteiger partial charge in [0.2, 0.25) is 17.7 Å². The van der Waals surface area contributed by atoms with E-state index >= 15 is 0 Å². The van der Waals surface area contributed by atoms with Gasteiger partial charge in [-0.05, 0) is 53.9 Å². The van der Waals surface area contributed by atoms with Gasteiger partial charge in [-0.2, -0.15) is 0 Å². The highest BCUT2D eigenvalue weighted by Crippen LogP contribution is 2.06. The van der Waals surface area contributed by atoms with Gasteiger partial charge >= 0.3 is 6.09 Å². The number of hydrogen-bond donors (Lipinski definition) is 6. The average molecular weight is 871 g/mol. The number of nitrogens with one attached hydrogen (secondary N) is 5. The topological polar surface area (TPSA) is 273 Å². The molecule has 0 unspecified atom stereocenters. The lowest BCUT2D eigenvalue weighted by molar-refractivity contribution is -0.132. The van der Waals surface area contributed by atoms with Crippen LogP contribution >= 0.6 is 0 Å². The highest BCUT2D eigenvalue weighted by atomic mass is 16.6. The summed E-state index contributed by atoms with van der Waals surface area (Å²) < 4.78 is 58.6. The molecule has 5 amide bonds. The second kappa shape index (κ2) is 38.6. The van der Waals surface area contributed by atoms with Gasteiger partial charge in [0, 0.05) is 13.7 Å². The van der Waals surface area contributed by atoms with Gasteiger partial charge in [-0.3, -0.25) is 24.6 Å². The number of unbranched alkanes of at least 4 members (excludes halogenated alkanes) is 1. The molecule has 0 spiro atoms. The van der Waals surface area contributed by atoms with E-state index in [1.807, 2.05) is 0 Å². The Morgan fingerprint density at radius 2 is 0.900 bits per heavy atom. The van der Waals surface area contributed by atoms with E-state index in [9.17, 15) is 24.0 Å². The fourth-order valence-electron chi connectivity index (χ4n) is 4.28. The van der Waals surface area contributed by atoms with Crippen LogP contribution in [-0.2, 0) is 71.3 Å². The fourth-order valence-corrected chi connectivity index (χ4v) is 4.28. The maximum absolute atomic E-state index is 12.5. The summed E-state index contributed by atoms with van der Waals surface area (Å²) in [6, 6.07) is -2.88. The van der Waals surface area contributed by atoms with Crippen LogP contribution in [0.2, 0.25) is 0 Å². The molecule has 0 fully saturated rings. The first kappa shape index (κ1) is 56.7. The number of hydrazine groups is 1. The highest BCUT2D eigenvalue weighted by molar-refractivity contribution is 5.92. The second-order valence-electron chi connectivity index (χ2n) is 14.0. The molecule has 0 aliphatic heterocycles. The largest absolute Gasteiger partial charge is 0.443 e. The first-order chi connectivity index (χ1) is 28.8. The molecule has 22 heteroatoms. The molecule has 0 saturated carbocycles. The summed E-state index contributed by atoms with van der Waals surface area (Å²) in [7, 11) is 1.63. The molecule has 0 aliphatic carbocycles. The summed E-state index contributed by atoms with van der Waals surface area (Å²) in [6.45, 7) is 16.3. The molecule has 0 aromatic rings. The van der Waals surface area contributed by atoms with E-state index in [0.717, 1.165) is 0 Å². The maximum Gasteiger partial charge on any atom is 0.426 e. The SMILES string of the molecule is COCCOCCOCCOCCOCCOCCOCCOCCOCCOCC(=O)NCCCC[C@H](N)C(=O)N[C@@H](C)C(=O)N[C@@H](C)C(=O)NNC(=O)OC(C)(C)C. The lowest BCUT2D eigenvalue weighted by Crippen LogP contribution is -2.56. The van der Waals surface area contributed by atoms with Gasteiger partial charge in [-0.15, -0.1) is 0 Å². The van der Waals surface area contributed by atoms with Crippen LogP contribution in [0, 0.1) is 0 Å². The standard InChI is InChI=1S/C38H74N6O16/c1-30(34(46)41-31(2)35(47)43-44-37(49)60-38(3,4)5)42-36(48)32(39)9-7-8-10-40-33(45)29-59-28-27-58-26-25-57-24-23-56-22-21-55-20-19-54-18-17-53-16-15-52-14-13-51-12-11-50-6/h30-32H,7-29,39H2,1-6H3,(H,40,45)(H,41,46)(H,42,48)(H,43,47)(H,44,49)/t30-,31-,32-/m0/s1. The van der Waals surface area contributed by atoms with Crippen molar-refractivity contribution in [2.75, 3.05) is 139 Å². The molecular formula is C38H74N6O16. The van der Waals surface area contributed by atoms with Gasteiger partial charge in [0.1, 0.15) is 24.3 Å². The van der Waals surface area contributed by atoms with Crippen molar-refractivity contribution in [2.45, 2.75) is 77.6 Å². The van der Waals surface area contributed by atoms with E-state index in [4.69, 9.17) is 57.8 Å². The number of rotatable bonds is 39. The lowest BCUT2D eigenvalue weighted by Gasteiger charge is -2.21. The Bertz CT molecular complexity index is 1120. The van der Waals surface area contributed by atoms with Crippen LogP contribution in [0.3, 0.4) is 0 Å². The Morgan fingerprint density at radius 3 is 1.32 bits per heavy atom. The Hall–Kier alpha value is -3.29. The van der Waals surface area contributed by atoms with E-state index in [2.05, 4.69) is 26.8 Å². The van der Waals surface area contributed by atoms with Crippen molar-refractivity contribution in [3.05, 3.63) is 0 Å². The average Bonchev–Trinajstić information content (AvgIpc) is 3.19. The molecule has 352 valence electrons. The molecule has 0 radical (unpaired) electrons. The van der Waals surface area contributed by atoms with Crippen LogP contribution < -0.4 is 32.5 Å². The third kappa shape index (κ3) is 37.7. The smallest absolute Gasteiger partial charge is 0.426 e. The van der Waals surface area contributed by atoms with E-state index in [0.29, 0.717) is 138 Å². The Morgan fingerprint density at radius 1 is 0.517 bits per heavy atom. The number of amides is 5. The number of carbonyl (C=O) groups is 5. The van der Waals surface area contributed by atoms with Gasteiger partial charge in [-0.1, -0.05) is 0 Å². The van der Waals surface area contributed by atoms with Crippen molar-refractivity contribution in [3.63, 3.8) is 0 Å². The molecule has 60 heavy (non-hydrogen) atoms. The van der Waals surface area contributed by atoms with Crippen LogP contribution in [0.25, 0.3) is 0 Å². The first-order valence-corrected chi connectivity index (χ1v) is 20.4. The Balaban J connectivity index is 3.58. The van der Waals surface area contributed by atoms with Gasteiger partial charge in [0.05, 0.1) is 125 Å². The van der Waals surface area contributed by atoms with Crippen molar-refractivity contribution in [1.29, 1.82) is 0 Å². The zero-order valence-corrected chi connectivity index (χ0v) is 36.6. The summed E-state index contributed by atoms with van der Waals surface area (Å²) in [5, 5.41) is 7.69. The molecule has 3 atom stereocenters.